The Morgan fingerprint density at radius 2 is 1.92 bits per heavy atom. The van der Waals surface area contributed by atoms with Crippen molar-refractivity contribution < 1.29 is 0 Å². The number of benzene rings is 1. The SMILES string of the molecule is Cc1nn(Cc2ccccc2)c(C)c1CN=C(N)NC1CCCC1.I. The molecule has 3 N–H and O–H groups in total. The Kier molecular flexibility index (Phi) is 7.28. The van der Waals surface area contributed by atoms with E-state index in [2.05, 4.69) is 51.3 Å². The van der Waals surface area contributed by atoms with Gasteiger partial charge < -0.3 is 11.1 Å². The Labute approximate surface area is 167 Å². The molecule has 1 aliphatic carbocycles. The quantitative estimate of drug-likeness (QED) is 0.414. The van der Waals surface area contributed by atoms with Crippen LogP contribution in [-0.2, 0) is 13.1 Å². The summed E-state index contributed by atoms with van der Waals surface area (Å²) in [6.07, 6.45) is 4.97. The molecule has 0 amide bonds. The fourth-order valence-electron chi connectivity index (χ4n) is 3.36. The molecule has 136 valence electrons. The summed E-state index contributed by atoms with van der Waals surface area (Å²) < 4.78 is 2.05. The van der Waals surface area contributed by atoms with Crippen molar-refractivity contribution in [1.29, 1.82) is 0 Å². The van der Waals surface area contributed by atoms with Crippen LogP contribution in [0.1, 0.15) is 48.2 Å². The first kappa shape index (κ1) is 19.8. The third-order valence-corrected chi connectivity index (χ3v) is 4.82. The average Bonchev–Trinajstić information content (AvgIpc) is 3.16. The molecule has 1 aromatic heterocycles. The van der Waals surface area contributed by atoms with E-state index in [-0.39, 0.29) is 24.0 Å². The van der Waals surface area contributed by atoms with Gasteiger partial charge in [0.15, 0.2) is 5.96 Å². The van der Waals surface area contributed by atoms with Crippen molar-refractivity contribution in [1.82, 2.24) is 15.1 Å². The van der Waals surface area contributed by atoms with Gasteiger partial charge in [-0.25, -0.2) is 4.99 Å². The van der Waals surface area contributed by atoms with E-state index in [0.717, 1.165) is 17.9 Å². The lowest BCUT2D eigenvalue weighted by Crippen LogP contribution is -2.38. The molecule has 2 aromatic rings. The molecule has 0 radical (unpaired) electrons. The van der Waals surface area contributed by atoms with Gasteiger partial charge in [0.25, 0.3) is 0 Å². The summed E-state index contributed by atoms with van der Waals surface area (Å²) in [5.74, 6) is 0.552. The van der Waals surface area contributed by atoms with Crippen LogP contribution in [0, 0.1) is 13.8 Å². The molecule has 1 saturated carbocycles. The topological polar surface area (TPSA) is 68.2 Å². The van der Waals surface area contributed by atoms with Crippen LogP contribution >= 0.6 is 24.0 Å². The highest BCUT2D eigenvalue weighted by Crippen LogP contribution is 2.18. The van der Waals surface area contributed by atoms with E-state index >= 15 is 0 Å². The second-order valence-corrected chi connectivity index (χ2v) is 6.62. The fourth-order valence-corrected chi connectivity index (χ4v) is 3.36. The summed E-state index contributed by atoms with van der Waals surface area (Å²) in [6, 6.07) is 10.9. The monoisotopic (exact) mass is 453 g/mol. The first-order valence-electron chi connectivity index (χ1n) is 8.76. The number of aromatic nitrogens is 2. The summed E-state index contributed by atoms with van der Waals surface area (Å²) >= 11 is 0. The van der Waals surface area contributed by atoms with Gasteiger partial charge in [-0.2, -0.15) is 5.10 Å². The smallest absolute Gasteiger partial charge is 0.189 e. The molecule has 0 bridgehead atoms. The van der Waals surface area contributed by atoms with Gasteiger partial charge in [0.1, 0.15) is 0 Å². The molecule has 0 spiro atoms. The Morgan fingerprint density at radius 1 is 1.24 bits per heavy atom. The minimum Gasteiger partial charge on any atom is -0.370 e. The van der Waals surface area contributed by atoms with Crippen molar-refractivity contribution in [3.63, 3.8) is 0 Å². The molecule has 0 saturated heterocycles. The molecular formula is C19H28IN5. The van der Waals surface area contributed by atoms with E-state index in [1.165, 1.54) is 36.8 Å². The Balaban J connectivity index is 0.00000225. The number of nitrogens with zero attached hydrogens (tertiary/aromatic N) is 3. The molecule has 3 rings (SSSR count). The zero-order chi connectivity index (χ0) is 16.9. The zero-order valence-corrected chi connectivity index (χ0v) is 17.4. The van der Waals surface area contributed by atoms with Gasteiger partial charge in [-0.15, -0.1) is 24.0 Å². The van der Waals surface area contributed by atoms with Crippen LogP contribution < -0.4 is 11.1 Å². The molecule has 1 heterocycles. The largest absolute Gasteiger partial charge is 0.370 e. The van der Waals surface area contributed by atoms with E-state index in [4.69, 9.17) is 5.73 Å². The number of halogens is 1. The lowest BCUT2D eigenvalue weighted by molar-refractivity contribution is 0.625. The van der Waals surface area contributed by atoms with Crippen LogP contribution in [0.15, 0.2) is 35.3 Å². The standard InChI is InChI=1S/C19H27N5.HI/c1-14-18(12-21-19(20)22-17-10-6-7-11-17)15(2)24(23-14)13-16-8-4-3-5-9-16;/h3-5,8-9,17H,6-7,10-13H2,1-2H3,(H3,20,21,22);1H. The number of hydrogen-bond donors (Lipinski definition) is 2. The molecule has 0 atom stereocenters. The van der Waals surface area contributed by atoms with Crippen molar-refractivity contribution in [2.45, 2.75) is 58.7 Å². The summed E-state index contributed by atoms with van der Waals surface area (Å²) in [5.41, 5.74) is 10.7. The minimum absolute atomic E-state index is 0. The second kappa shape index (κ2) is 9.22. The van der Waals surface area contributed by atoms with Gasteiger partial charge >= 0.3 is 0 Å². The Hall–Kier alpha value is -1.57. The molecule has 1 fully saturated rings. The van der Waals surface area contributed by atoms with E-state index in [1.807, 2.05) is 13.0 Å². The molecule has 1 aromatic carbocycles. The third kappa shape index (κ3) is 5.20. The molecule has 0 unspecified atom stereocenters. The Morgan fingerprint density at radius 3 is 2.60 bits per heavy atom. The summed E-state index contributed by atoms with van der Waals surface area (Å²) in [6.45, 7) is 5.51. The van der Waals surface area contributed by atoms with E-state index in [9.17, 15) is 0 Å². The van der Waals surface area contributed by atoms with Crippen LogP contribution in [0.25, 0.3) is 0 Å². The fraction of sp³-hybridized carbons (Fsp3) is 0.474. The number of rotatable bonds is 5. The van der Waals surface area contributed by atoms with Crippen LogP contribution in [0.2, 0.25) is 0 Å². The number of nitrogens with two attached hydrogens (primary N) is 1. The number of nitrogens with one attached hydrogen (secondary N) is 1. The van der Waals surface area contributed by atoms with Crippen molar-refractivity contribution >= 4 is 29.9 Å². The average molecular weight is 453 g/mol. The van der Waals surface area contributed by atoms with Crippen molar-refractivity contribution in [3.05, 3.63) is 52.8 Å². The number of aliphatic imine (C=N–C) groups is 1. The predicted molar refractivity (Wildman–Crippen MR) is 113 cm³/mol. The van der Waals surface area contributed by atoms with Crippen molar-refractivity contribution in [2.24, 2.45) is 10.7 Å². The number of guanidine groups is 1. The number of aryl methyl sites for hydroxylation is 1. The molecule has 5 nitrogen and oxygen atoms in total. The molecule has 0 aliphatic heterocycles. The van der Waals surface area contributed by atoms with Gasteiger partial charge in [0, 0.05) is 17.3 Å². The van der Waals surface area contributed by atoms with Gasteiger partial charge in [0.05, 0.1) is 18.8 Å². The lowest BCUT2D eigenvalue weighted by atomic mass is 10.2. The van der Waals surface area contributed by atoms with Crippen LogP contribution in [-0.4, -0.2) is 21.8 Å². The first-order chi connectivity index (χ1) is 11.6. The first-order valence-corrected chi connectivity index (χ1v) is 8.76. The van der Waals surface area contributed by atoms with Gasteiger partial charge in [-0.1, -0.05) is 43.2 Å². The van der Waals surface area contributed by atoms with Gasteiger partial charge in [-0.05, 0) is 32.3 Å². The number of hydrogen-bond acceptors (Lipinski definition) is 2. The van der Waals surface area contributed by atoms with E-state index in [1.54, 1.807) is 0 Å². The molecular weight excluding hydrogens is 425 g/mol. The summed E-state index contributed by atoms with van der Waals surface area (Å²) in [4.78, 5) is 4.53. The van der Waals surface area contributed by atoms with E-state index in [0.29, 0.717) is 18.5 Å². The molecule has 6 heteroatoms. The normalized spacial score (nSPS) is 15.2. The van der Waals surface area contributed by atoms with Crippen LogP contribution in [0.4, 0.5) is 0 Å². The van der Waals surface area contributed by atoms with Crippen molar-refractivity contribution in [2.75, 3.05) is 0 Å². The Bertz CT molecular complexity index is 702. The lowest BCUT2D eigenvalue weighted by Gasteiger charge is -2.12. The highest BCUT2D eigenvalue weighted by molar-refractivity contribution is 14.0. The highest BCUT2D eigenvalue weighted by atomic mass is 127. The van der Waals surface area contributed by atoms with Gasteiger partial charge in [0.2, 0.25) is 0 Å². The highest BCUT2D eigenvalue weighted by Gasteiger charge is 2.15. The minimum atomic E-state index is 0. The molecule has 25 heavy (non-hydrogen) atoms. The summed E-state index contributed by atoms with van der Waals surface area (Å²) in [7, 11) is 0. The van der Waals surface area contributed by atoms with Crippen LogP contribution in [0.3, 0.4) is 0 Å². The predicted octanol–water partition coefficient (Wildman–Crippen LogP) is 3.51. The maximum absolute atomic E-state index is 6.04. The molecule has 1 aliphatic rings. The zero-order valence-electron chi connectivity index (χ0n) is 15.0. The van der Waals surface area contributed by atoms with Crippen molar-refractivity contribution in [3.8, 4) is 0 Å². The van der Waals surface area contributed by atoms with Gasteiger partial charge in [-0.3, -0.25) is 4.68 Å². The van der Waals surface area contributed by atoms with E-state index < -0.39 is 0 Å². The van der Waals surface area contributed by atoms with Crippen LogP contribution in [0.5, 0.6) is 0 Å². The maximum atomic E-state index is 6.04. The third-order valence-electron chi connectivity index (χ3n) is 4.82. The summed E-state index contributed by atoms with van der Waals surface area (Å²) in [5, 5.41) is 8.01. The maximum Gasteiger partial charge on any atom is 0.189 e. The second-order valence-electron chi connectivity index (χ2n) is 6.62.